The van der Waals surface area contributed by atoms with Crippen LogP contribution in [0.25, 0.3) is 0 Å². The molecule has 0 heterocycles. The van der Waals surface area contributed by atoms with Crippen molar-refractivity contribution < 1.29 is 4.74 Å². The molecule has 11 heavy (non-hydrogen) atoms. The van der Waals surface area contributed by atoms with Crippen molar-refractivity contribution in [3.05, 3.63) is 37.0 Å². The lowest BCUT2D eigenvalue weighted by atomic mass is 10.3. The summed E-state index contributed by atoms with van der Waals surface area (Å²) in [7, 11) is 1.61. The van der Waals surface area contributed by atoms with E-state index < -0.39 is 0 Å². The molecule has 0 aliphatic rings. The number of rotatable bonds is 3. The van der Waals surface area contributed by atoms with E-state index in [4.69, 9.17) is 4.74 Å². The quantitative estimate of drug-likeness (QED) is 0.439. The molecule has 0 aromatic heterocycles. The summed E-state index contributed by atoms with van der Waals surface area (Å²) >= 11 is 0. The van der Waals surface area contributed by atoms with Crippen molar-refractivity contribution in [1.82, 2.24) is 0 Å². The van der Waals surface area contributed by atoms with Crippen LogP contribution < -0.4 is 0 Å². The summed E-state index contributed by atoms with van der Waals surface area (Å²) in [6.45, 7) is 7.67. The van der Waals surface area contributed by atoms with E-state index in [-0.39, 0.29) is 0 Å². The minimum Gasteiger partial charge on any atom is -0.372 e. The second kappa shape index (κ2) is 6.85. The van der Waals surface area contributed by atoms with Crippen molar-refractivity contribution in [1.29, 1.82) is 0 Å². The second-order valence-corrected chi connectivity index (χ2v) is 1.85. The third-order valence-corrected chi connectivity index (χ3v) is 0.899. The molecule has 0 N–H and O–H groups in total. The average molecular weight is 148 g/mol. The number of hydrogen-bond acceptors (Lipinski definition) is 1. The van der Waals surface area contributed by atoms with Crippen LogP contribution in [0.2, 0.25) is 0 Å². The molecule has 0 aromatic rings. The molecule has 0 amide bonds. The first-order valence-electron chi connectivity index (χ1n) is 3.27. The number of methoxy groups -OCH3 is 1. The van der Waals surface area contributed by atoms with Gasteiger partial charge in [0.05, 0.1) is 0 Å². The maximum absolute atomic E-state index is 4.74. The molecule has 0 aromatic carbocycles. The normalized spacial score (nSPS) is 8.82. The van der Waals surface area contributed by atoms with Gasteiger partial charge in [0.25, 0.3) is 0 Å². The molecule has 0 fully saturated rings. The van der Waals surface area contributed by atoms with Gasteiger partial charge in [-0.15, -0.1) is 0 Å². The van der Waals surface area contributed by atoms with E-state index in [1.165, 1.54) is 0 Å². The topological polar surface area (TPSA) is 9.23 Å². The molecule has 0 aliphatic carbocycles. The lowest BCUT2D eigenvalue weighted by Crippen LogP contribution is -1.80. The zero-order valence-corrected chi connectivity index (χ0v) is 6.76. The van der Waals surface area contributed by atoms with Crippen LogP contribution in [-0.2, 0) is 4.74 Å². The summed E-state index contributed by atoms with van der Waals surface area (Å²) in [4.78, 5) is 0. The second-order valence-electron chi connectivity index (χ2n) is 1.85. The first-order chi connectivity index (χ1) is 5.31. The van der Waals surface area contributed by atoms with Gasteiger partial charge in [-0.3, -0.25) is 0 Å². The molecule has 0 bridgehead atoms. The fourth-order valence-electron chi connectivity index (χ4n) is 0.448. The first kappa shape index (κ1) is 9.74. The van der Waals surface area contributed by atoms with E-state index in [1.807, 2.05) is 0 Å². The van der Waals surface area contributed by atoms with Crippen molar-refractivity contribution in [3.8, 4) is 11.8 Å². The van der Waals surface area contributed by atoms with E-state index in [2.05, 4.69) is 25.0 Å². The number of ether oxygens (including phenoxy) is 1. The van der Waals surface area contributed by atoms with Gasteiger partial charge in [-0.25, -0.2) is 0 Å². The Morgan fingerprint density at radius 1 is 1.64 bits per heavy atom. The Balaban J connectivity index is 3.79. The SMILES string of the molecule is C=C/C=C\C(=C)C#CCOC. The Morgan fingerprint density at radius 2 is 2.36 bits per heavy atom. The molecule has 0 saturated carbocycles. The van der Waals surface area contributed by atoms with Crippen molar-refractivity contribution in [2.45, 2.75) is 0 Å². The molecule has 0 atom stereocenters. The van der Waals surface area contributed by atoms with Crippen molar-refractivity contribution in [3.63, 3.8) is 0 Å². The van der Waals surface area contributed by atoms with Crippen LogP contribution in [0.15, 0.2) is 37.0 Å². The van der Waals surface area contributed by atoms with Crippen LogP contribution in [0.1, 0.15) is 0 Å². The van der Waals surface area contributed by atoms with E-state index in [0.717, 1.165) is 5.57 Å². The minimum absolute atomic E-state index is 0.445. The van der Waals surface area contributed by atoms with Gasteiger partial charge in [0, 0.05) is 12.7 Å². The lowest BCUT2D eigenvalue weighted by molar-refractivity contribution is 0.240. The highest BCUT2D eigenvalue weighted by Gasteiger charge is 1.75. The molecule has 0 aliphatic heterocycles. The molecule has 0 rings (SSSR count). The fraction of sp³-hybridized carbons (Fsp3) is 0.200. The lowest BCUT2D eigenvalue weighted by Gasteiger charge is -1.83. The van der Waals surface area contributed by atoms with Crippen molar-refractivity contribution in [2.75, 3.05) is 13.7 Å². The highest BCUT2D eigenvalue weighted by atomic mass is 16.5. The van der Waals surface area contributed by atoms with Crippen molar-refractivity contribution >= 4 is 0 Å². The van der Waals surface area contributed by atoms with Gasteiger partial charge in [-0.05, 0) is 6.08 Å². The zero-order chi connectivity index (χ0) is 8.53. The highest BCUT2D eigenvalue weighted by molar-refractivity contribution is 5.36. The van der Waals surface area contributed by atoms with Crippen LogP contribution in [0.5, 0.6) is 0 Å². The maximum atomic E-state index is 4.74. The smallest absolute Gasteiger partial charge is 0.107 e. The van der Waals surface area contributed by atoms with E-state index in [0.29, 0.717) is 6.61 Å². The Labute approximate surface area is 68.1 Å². The van der Waals surface area contributed by atoms with Gasteiger partial charge in [-0.1, -0.05) is 37.2 Å². The summed E-state index contributed by atoms with van der Waals surface area (Å²) in [5.74, 6) is 5.60. The third-order valence-electron chi connectivity index (χ3n) is 0.899. The Kier molecular flexibility index (Phi) is 6.07. The molecule has 58 valence electrons. The molecular formula is C10H12O. The molecule has 1 nitrogen and oxygen atoms in total. The van der Waals surface area contributed by atoms with Crippen LogP contribution in [0, 0.1) is 11.8 Å². The van der Waals surface area contributed by atoms with Crippen LogP contribution in [0.3, 0.4) is 0 Å². The Bertz CT molecular complexity index is 213. The van der Waals surface area contributed by atoms with Gasteiger partial charge in [0.15, 0.2) is 0 Å². The molecule has 0 spiro atoms. The highest BCUT2D eigenvalue weighted by Crippen LogP contribution is 1.88. The fourth-order valence-corrected chi connectivity index (χ4v) is 0.448. The van der Waals surface area contributed by atoms with Crippen LogP contribution in [0.4, 0.5) is 0 Å². The zero-order valence-electron chi connectivity index (χ0n) is 6.76. The predicted molar refractivity (Wildman–Crippen MR) is 48.1 cm³/mol. The van der Waals surface area contributed by atoms with E-state index in [1.54, 1.807) is 25.3 Å². The minimum atomic E-state index is 0.445. The molecule has 1 heteroatoms. The maximum Gasteiger partial charge on any atom is 0.107 e. The van der Waals surface area contributed by atoms with E-state index in [9.17, 15) is 0 Å². The average Bonchev–Trinajstić information content (AvgIpc) is 2.01. The monoisotopic (exact) mass is 148 g/mol. The largest absolute Gasteiger partial charge is 0.372 e. The molecule has 0 unspecified atom stereocenters. The van der Waals surface area contributed by atoms with Crippen LogP contribution >= 0.6 is 0 Å². The number of allylic oxidation sites excluding steroid dienone is 4. The molecular weight excluding hydrogens is 136 g/mol. The predicted octanol–water partition coefficient (Wildman–Crippen LogP) is 1.93. The van der Waals surface area contributed by atoms with Gasteiger partial charge in [-0.2, -0.15) is 0 Å². The molecule has 0 radical (unpaired) electrons. The summed E-state index contributed by atoms with van der Waals surface area (Å²) < 4.78 is 4.74. The Morgan fingerprint density at radius 3 is 2.91 bits per heavy atom. The Hall–Kier alpha value is -1.26. The third kappa shape index (κ3) is 6.63. The van der Waals surface area contributed by atoms with Gasteiger partial charge in [0.1, 0.15) is 6.61 Å². The van der Waals surface area contributed by atoms with Gasteiger partial charge in [0.2, 0.25) is 0 Å². The van der Waals surface area contributed by atoms with Gasteiger partial charge < -0.3 is 4.74 Å². The summed E-state index contributed by atoms with van der Waals surface area (Å²) in [5, 5.41) is 0. The van der Waals surface area contributed by atoms with E-state index >= 15 is 0 Å². The van der Waals surface area contributed by atoms with Crippen molar-refractivity contribution in [2.24, 2.45) is 0 Å². The summed E-state index contributed by atoms with van der Waals surface area (Å²) in [5.41, 5.74) is 0.766. The number of hydrogen-bond donors (Lipinski definition) is 0. The summed E-state index contributed by atoms with van der Waals surface area (Å²) in [6.07, 6.45) is 5.28. The van der Waals surface area contributed by atoms with Gasteiger partial charge >= 0.3 is 0 Å². The summed E-state index contributed by atoms with van der Waals surface area (Å²) in [6, 6.07) is 0. The first-order valence-corrected chi connectivity index (χ1v) is 3.27. The standard InChI is InChI=1S/C10H12O/c1-4-5-7-10(2)8-6-9-11-3/h4-5,7H,1-2,9H2,3H3/b7-5-. The molecule has 0 saturated heterocycles. The van der Waals surface area contributed by atoms with Crippen LogP contribution in [-0.4, -0.2) is 13.7 Å².